The number of hydrogen-bond donors (Lipinski definition) is 2. The smallest absolute Gasteiger partial charge is 0.157 e. The molecule has 1 aliphatic rings. The maximum absolute atomic E-state index is 13.8. The first-order valence-corrected chi connectivity index (χ1v) is 12.2. The zero-order chi connectivity index (χ0) is 24.1. The topological polar surface area (TPSA) is 77.4 Å². The molecule has 178 valence electrons. The van der Waals surface area contributed by atoms with Crippen molar-refractivity contribution in [3.63, 3.8) is 0 Å². The summed E-state index contributed by atoms with van der Waals surface area (Å²) in [6.07, 6.45) is 3.84. The van der Waals surface area contributed by atoms with Gasteiger partial charge in [0.2, 0.25) is 0 Å². The number of nitrogens with zero attached hydrogens (tertiary/aromatic N) is 6. The average Bonchev–Trinajstić information content (AvgIpc) is 3.41. The van der Waals surface area contributed by atoms with E-state index in [1.165, 1.54) is 12.1 Å². The van der Waals surface area contributed by atoms with Gasteiger partial charge in [0, 0.05) is 47.3 Å². The van der Waals surface area contributed by atoms with Crippen LogP contribution in [0.4, 0.5) is 21.7 Å². The molecule has 0 atom stereocenters. The van der Waals surface area contributed by atoms with Gasteiger partial charge in [0.05, 0.1) is 23.6 Å². The molecule has 0 amide bonds. The predicted molar refractivity (Wildman–Crippen MR) is 140 cm³/mol. The van der Waals surface area contributed by atoms with Crippen LogP contribution in [0.3, 0.4) is 0 Å². The summed E-state index contributed by atoms with van der Waals surface area (Å²) in [6, 6.07) is 10.7. The number of aromatic amines is 1. The van der Waals surface area contributed by atoms with Crippen molar-refractivity contribution in [1.82, 2.24) is 29.5 Å². The monoisotopic (exact) mass is 534 g/mol. The van der Waals surface area contributed by atoms with Crippen LogP contribution in [0, 0.1) is 12.7 Å². The predicted octanol–water partition coefficient (Wildman–Crippen LogP) is 4.98. The molecular formula is C25H24BrFN8. The Hall–Kier alpha value is -3.50. The Balaban J connectivity index is 1.51. The van der Waals surface area contributed by atoms with Crippen molar-refractivity contribution in [2.24, 2.45) is 0 Å². The molecule has 6 rings (SSSR count). The summed E-state index contributed by atoms with van der Waals surface area (Å²) in [5, 5.41) is 11.9. The van der Waals surface area contributed by atoms with Crippen LogP contribution < -0.4 is 10.2 Å². The minimum absolute atomic E-state index is 0.303. The molecule has 1 aliphatic heterocycles. The number of nitrogens with one attached hydrogen (secondary N) is 2. The fourth-order valence-corrected chi connectivity index (χ4v) is 4.92. The number of imidazole rings is 1. The van der Waals surface area contributed by atoms with Crippen LogP contribution in [0.25, 0.3) is 27.8 Å². The van der Waals surface area contributed by atoms with Gasteiger partial charge in [-0.3, -0.25) is 9.50 Å². The van der Waals surface area contributed by atoms with E-state index in [0.29, 0.717) is 4.47 Å². The largest absolute Gasteiger partial charge is 0.353 e. The number of likely N-dealkylation sites (N-methyl/N-ethyl adjacent to an activating group) is 1. The van der Waals surface area contributed by atoms with E-state index in [1.807, 2.05) is 35.9 Å². The van der Waals surface area contributed by atoms with Crippen molar-refractivity contribution in [2.75, 3.05) is 43.4 Å². The summed E-state index contributed by atoms with van der Waals surface area (Å²) in [4.78, 5) is 14.3. The van der Waals surface area contributed by atoms with E-state index in [0.717, 1.165) is 77.0 Å². The maximum atomic E-state index is 13.8. The fourth-order valence-electron chi connectivity index (χ4n) is 4.47. The molecule has 8 nitrogen and oxygen atoms in total. The second-order valence-corrected chi connectivity index (χ2v) is 9.76. The van der Waals surface area contributed by atoms with Gasteiger partial charge in [-0.15, -0.1) is 0 Å². The third-order valence-corrected chi connectivity index (χ3v) is 7.18. The molecule has 4 heterocycles. The molecule has 10 heteroatoms. The van der Waals surface area contributed by atoms with Gasteiger partial charge in [-0.1, -0.05) is 6.07 Å². The van der Waals surface area contributed by atoms with Crippen LogP contribution in [0.15, 0.2) is 53.3 Å². The molecule has 2 N–H and O–H groups in total. The number of hydrogen-bond acceptors (Lipinski definition) is 6. The molecule has 5 aromatic rings. The average molecular weight is 535 g/mol. The van der Waals surface area contributed by atoms with Crippen molar-refractivity contribution in [2.45, 2.75) is 6.92 Å². The number of halogens is 2. The molecule has 0 unspecified atom stereocenters. The standard InChI is InChI=1S/C25H24BrFN8/c1-15-18-11-16(3-5-20(18)32-31-15)24-25(29-21-6-4-17(27)12-19(21)26)35-14-23(28-13-22(35)30-24)34-9-7-33(2)8-10-34/h3-6,11-14,29H,7-10H2,1-2H3,(H,31,32). The zero-order valence-corrected chi connectivity index (χ0v) is 21.0. The summed E-state index contributed by atoms with van der Waals surface area (Å²) in [6.45, 7) is 5.82. The summed E-state index contributed by atoms with van der Waals surface area (Å²) < 4.78 is 16.4. The third-order valence-electron chi connectivity index (χ3n) is 6.52. The molecule has 1 fully saturated rings. The van der Waals surface area contributed by atoms with Crippen LogP contribution in [0.1, 0.15) is 5.69 Å². The molecule has 0 saturated carbocycles. The number of benzene rings is 2. The lowest BCUT2D eigenvalue weighted by Gasteiger charge is -2.33. The highest BCUT2D eigenvalue weighted by atomic mass is 79.9. The fraction of sp³-hybridized carbons (Fsp3) is 0.240. The van der Waals surface area contributed by atoms with Gasteiger partial charge >= 0.3 is 0 Å². The molecule has 2 aromatic carbocycles. The van der Waals surface area contributed by atoms with E-state index in [1.54, 1.807) is 6.07 Å². The number of aryl methyl sites for hydroxylation is 1. The molecule has 0 aliphatic carbocycles. The molecule has 35 heavy (non-hydrogen) atoms. The Morgan fingerprint density at radius 1 is 1.09 bits per heavy atom. The maximum Gasteiger partial charge on any atom is 0.157 e. The van der Waals surface area contributed by atoms with E-state index < -0.39 is 0 Å². The second-order valence-electron chi connectivity index (χ2n) is 8.90. The summed E-state index contributed by atoms with van der Waals surface area (Å²) in [5.41, 5.74) is 5.11. The van der Waals surface area contributed by atoms with Crippen LogP contribution >= 0.6 is 15.9 Å². The number of aromatic nitrogens is 5. The Bertz CT molecular complexity index is 1550. The van der Waals surface area contributed by atoms with Gasteiger partial charge in [0.15, 0.2) is 5.65 Å². The van der Waals surface area contributed by atoms with Crippen molar-refractivity contribution in [1.29, 1.82) is 0 Å². The number of rotatable bonds is 4. The first-order chi connectivity index (χ1) is 17.0. The minimum atomic E-state index is -0.303. The first-order valence-electron chi connectivity index (χ1n) is 11.4. The van der Waals surface area contributed by atoms with E-state index in [4.69, 9.17) is 9.97 Å². The normalized spacial score (nSPS) is 14.8. The third kappa shape index (κ3) is 4.02. The lowest BCUT2D eigenvalue weighted by molar-refractivity contribution is 0.312. The van der Waals surface area contributed by atoms with Gasteiger partial charge in [0.1, 0.15) is 23.1 Å². The molecular weight excluding hydrogens is 511 g/mol. The molecule has 0 bridgehead atoms. The van der Waals surface area contributed by atoms with Crippen molar-refractivity contribution in [3.05, 3.63) is 64.8 Å². The Morgan fingerprint density at radius 3 is 2.71 bits per heavy atom. The summed E-state index contributed by atoms with van der Waals surface area (Å²) in [5.74, 6) is 1.38. The number of piperazine rings is 1. The Kier molecular flexibility index (Phi) is 5.42. The van der Waals surface area contributed by atoms with Crippen molar-refractivity contribution in [3.8, 4) is 11.3 Å². The quantitative estimate of drug-likeness (QED) is 0.338. The van der Waals surface area contributed by atoms with Crippen molar-refractivity contribution < 1.29 is 4.39 Å². The van der Waals surface area contributed by atoms with E-state index in [2.05, 4.69) is 54.4 Å². The highest BCUT2D eigenvalue weighted by Gasteiger charge is 2.20. The highest BCUT2D eigenvalue weighted by molar-refractivity contribution is 9.10. The van der Waals surface area contributed by atoms with E-state index in [9.17, 15) is 4.39 Å². The summed E-state index contributed by atoms with van der Waals surface area (Å²) in [7, 11) is 2.14. The van der Waals surface area contributed by atoms with Gasteiger partial charge in [-0.25, -0.2) is 14.4 Å². The van der Waals surface area contributed by atoms with E-state index in [-0.39, 0.29) is 5.82 Å². The van der Waals surface area contributed by atoms with Gasteiger partial charge in [-0.2, -0.15) is 5.10 Å². The first kappa shape index (κ1) is 22.0. The molecule has 0 radical (unpaired) electrons. The summed E-state index contributed by atoms with van der Waals surface area (Å²) >= 11 is 3.49. The lowest BCUT2D eigenvalue weighted by atomic mass is 10.1. The van der Waals surface area contributed by atoms with Crippen LogP contribution in [-0.2, 0) is 0 Å². The van der Waals surface area contributed by atoms with Gasteiger partial charge in [0.25, 0.3) is 0 Å². The molecule has 3 aromatic heterocycles. The van der Waals surface area contributed by atoms with Gasteiger partial charge in [-0.05, 0) is 60.2 Å². The number of H-pyrrole nitrogens is 1. The lowest BCUT2D eigenvalue weighted by Crippen LogP contribution is -2.44. The Morgan fingerprint density at radius 2 is 1.91 bits per heavy atom. The SMILES string of the molecule is Cc1[nH]nc2ccc(-c3nc4cnc(N5CCN(C)CC5)cn4c3Nc3ccc(F)cc3Br)cc12. The van der Waals surface area contributed by atoms with E-state index >= 15 is 0 Å². The highest BCUT2D eigenvalue weighted by Crippen LogP contribution is 2.35. The molecule has 1 saturated heterocycles. The van der Waals surface area contributed by atoms with Crippen LogP contribution in [0.2, 0.25) is 0 Å². The molecule has 0 spiro atoms. The van der Waals surface area contributed by atoms with Gasteiger partial charge < -0.3 is 15.1 Å². The van der Waals surface area contributed by atoms with Crippen LogP contribution in [0.5, 0.6) is 0 Å². The number of anilines is 3. The minimum Gasteiger partial charge on any atom is -0.353 e. The Labute approximate surface area is 209 Å². The van der Waals surface area contributed by atoms with Crippen LogP contribution in [-0.4, -0.2) is 62.7 Å². The zero-order valence-electron chi connectivity index (χ0n) is 19.4. The number of fused-ring (bicyclic) bond motifs is 2. The second kappa shape index (κ2) is 8.62. The van der Waals surface area contributed by atoms with Crippen molar-refractivity contribution >= 4 is 49.8 Å².